The number of ether oxygens (including phenoxy) is 1. The van der Waals surface area contributed by atoms with Gasteiger partial charge in [0.25, 0.3) is 0 Å². The predicted molar refractivity (Wildman–Crippen MR) is 79.5 cm³/mol. The molecular formula is C16H13BrF2O2. The third kappa shape index (κ3) is 3.88. The monoisotopic (exact) mass is 354 g/mol. The molecule has 0 unspecified atom stereocenters. The Hall–Kier alpha value is -1.75. The number of carbonyl (C=O) groups is 1. The smallest absolute Gasteiger partial charge is 0.141 e. The molecule has 0 bridgehead atoms. The van der Waals surface area contributed by atoms with Crippen molar-refractivity contribution in [1.82, 2.24) is 0 Å². The van der Waals surface area contributed by atoms with Crippen LogP contribution in [0, 0.1) is 11.6 Å². The highest BCUT2D eigenvalue weighted by molar-refractivity contribution is 9.10. The first-order chi connectivity index (χ1) is 10.0. The quantitative estimate of drug-likeness (QED) is 0.808. The molecule has 2 nitrogen and oxygen atoms in total. The first-order valence-electron chi connectivity index (χ1n) is 6.28. The van der Waals surface area contributed by atoms with Crippen molar-refractivity contribution >= 4 is 21.7 Å². The van der Waals surface area contributed by atoms with E-state index in [1.807, 2.05) is 0 Å². The van der Waals surface area contributed by atoms with Crippen LogP contribution in [-0.4, -0.2) is 12.9 Å². The van der Waals surface area contributed by atoms with Crippen molar-refractivity contribution in [2.24, 2.45) is 0 Å². The zero-order valence-corrected chi connectivity index (χ0v) is 12.9. The fourth-order valence-electron chi connectivity index (χ4n) is 1.99. The van der Waals surface area contributed by atoms with Crippen LogP contribution < -0.4 is 4.74 Å². The number of halogens is 3. The Bertz CT molecular complexity index is 651. The lowest BCUT2D eigenvalue weighted by atomic mass is 10.0. The molecule has 110 valence electrons. The average Bonchev–Trinajstić information content (AvgIpc) is 2.45. The molecule has 0 radical (unpaired) electrons. The molecule has 0 aliphatic carbocycles. The van der Waals surface area contributed by atoms with E-state index in [1.165, 1.54) is 13.2 Å². The Kier molecular flexibility index (Phi) is 5.07. The van der Waals surface area contributed by atoms with Crippen LogP contribution in [0.25, 0.3) is 0 Å². The van der Waals surface area contributed by atoms with Crippen molar-refractivity contribution in [3.63, 3.8) is 0 Å². The second kappa shape index (κ2) is 6.80. The Morgan fingerprint density at radius 1 is 1.14 bits per heavy atom. The average molecular weight is 355 g/mol. The minimum absolute atomic E-state index is 0.0750. The lowest BCUT2D eigenvalue weighted by Gasteiger charge is -2.08. The third-order valence-electron chi connectivity index (χ3n) is 3.08. The maximum atomic E-state index is 13.5. The van der Waals surface area contributed by atoms with Crippen molar-refractivity contribution in [3.8, 4) is 5.75 Å². The molecule has 0 fully saturated rings. The normalized spacial score (nSPS) is 10.5. The van der Waals surface area contributed by atoms with Gasteiger partial charge in [-0.2, -0.15) is 0 Å². The van der Waals surface area contributed by atoms with Gasteiger partial charge in [-0.05, 0) is 35.9 Å². The largest absolute Gasteiger partial charge is 0.497 e. The molecule has 0 atom stereocenters. The number of hydrogen-bond donors (Lipinski definition) is 0. The molecule has 2 rings (SSSR count). The van der Waals surface area contributed by atoms with Gasteiger partial charge in [-0.1, -0.05) is 22.0 Å². The van der Waals surface area contributed by atoms with Gasteiger partial charge in [0, 0.05) is 22.9 Å². The van der Waals surface area contributed by atoms with Crippen LogP contribution >= 0.6 is 15.9 Å². The Morgan fingerprint density at radius 3 is 2.43 bits per heavy atom. The number of ketones is 1. The Balaban J connectivity index is 2.15. The van der Waals surface area contributed by atoms with E-state index >= 15 is 0 Å². The van der Waals surface area contributed by atoms with Crippen molar-refractivity contribution in [3.05, 3.63) is 63.6 Å². The van der Waals surface area contributed by atoms with Crippen LogP contribution in [0.2, 0.25) is 0 Å². The summed E-state index contributed by atoms with van der Waals surface area (Å²) in [6, 6.07) is 8.82. The van der Waals surface area contributed by atoms with Crippen molar-refractivity contribution < 1.29 is 18.3 Å². The molecular weight excluding hydrogens is 342 g/mol. The lowest BCUT2D eigenvalue weighted by Crippen LogP contribution is -2.10. The fraction of sp³-hybridized carbons (Fsp3) is 0.188. The number of rotatable bonds is 5. The summed E-state index contributed by atoms with van der Waals surface area (Å²) in [5.74, 6) is -1.05. The van der Waals surface area contributed by atoms with E-state index in [4.69, 9.17) is 4.74 Å². The number of methoxy groups -OCH3 is 1. The first kappa shape index (κ1) is 15.6. The molecule has 5 heteroatoms. The molecule has 0 heterocycles. The maximum Gasteiger partial charge on any atom is 0.141 e. The van der Waals surface area contributed by atoms with Gasteiger partial charge in [-0.3, -0.25) is 4.79 Å². The Labute approximate surface area is 129 Å². The highest BCUT2D eigenvalue weighted by Gasteiger charge is 2.14. The summed E-state index contributed by atoms with van der Waals surface area (Å²) in [5.41, 5.74) is 0.526. The summed E-state index contributed by atoms with van der Waals surface area (Å²) < 4.78 is 32.9. The summed E-state index contributed by atoms with van der Waals surface area (Å²) >= 11 is 3.35. The van der Waals surface area contributed by atoms with E-state index in [1.54, 1.807) is 18.2 Å². The SMILES string of the molecule is COc1ccc(Br)c(CC(=O)Cc2c(F)cccc2F)c1. The van der Waals surface area contributed by atoms with Crippen molar-refractivity contribution in [2.75, 3.05) is 7.11 Å². The molecule has 0 saturated carbocycles. The zero-order chi connectivity index (χ0) is 15.4. The standard InChI is InChI=1S/C16H13BrF2O2/c1-21-12-5-6-14(17)10(8-12)7-11(20)9-13-15(18)3-2-4-16(13)19/h2-6,8H,7,9H2,1H3. The van der Waals surface area contributed by atoms with Crippen LogP contribution in [0.15, 0.2) is 40.9 Å². The van der Waals surface area contributed by atoms with E-state index in [0.717, 1.165) is 22.2 Å². The van der Waals surface area contributed by atoms with Crippen LogP contribution in [0.5, 0.6) is 5.75 Å². The lowest BCUT2D eigenvalue weighted by molar-refractivity contribution is -0.117. The second-order valence-electron chi connectivity index (χ2n) is 4.55. The van der Waals surface area contributed by atoms with Gasteiger partial charge in [0.05, 0.1) is 7.11 Å². The van der Waals surface area contributed by atoms with Gasteiger partial charge in [0.2, 0.25) is 0 Å². The van der Waals surface area contributed by atoms with Gasteiger partial charge in [0.1, 0.15) is 23.2 Å². The fourth-order valence-corrected chi connectivity index (χ4v) is 2.37. The van der Waals surface area contributed by atoms with E-state index < -0.39 is 11.6 Å². The second-order valence-corrected chi connectivity index (χ2v) is 5.40. The molecule has 0 spiro atoms. The number of Topliss-reactive ketones (excluding diaryl/α,β-unsaturated/α-hetero) is 1. The van der Waals surface area contributed by atoms with Gasteiger partial charge < -0.3 is 4.74 Å². The third-order valence-corrected chi connectivity index (χ3v) is 3.85. The van der Waals surface area contributed by atoms with E-state index in [-0.39, 0.29) is 24.2 Å². The van der Waals surface area contributed by atoms with Crippen LogP contribution in [0.3, 0.4) is 0 Å². The molecule has 0 aliphatic heterocycles. The summed E-state index contributed by atoms with van der Waals surface area (Å²) in [6.45, 7) is 0. The van der Waals surface area contributed by atoms with Crippen molar-refractivity contribution in [2.45, 2.75) is 12.8 Å². The predicted octanol–water partition coefficient (Wildman–Crippen LogP) is 4.09. The van der Waals surface area contributed by atoms with Crippen LogP contribution in [-0.2, 0) is 17.6 Å². The molecule has 2 aromatic carbocycles. The van der Waals surface area contributed by atoms with Crippen LogP contribution in [0.4, 0.5) is 8.78 Å². The number of carbonyl (C=O) groups excluding carboxylic acids is 1. The summed E-state index contributed by atoms with van der Waals surface area (Å²) in [7, 11) is 1.53. The molecule has 0 saturated heterocycles. The van der Waals surface area contributed by atoms with E-state index in [9.17, 15) is 13.6 Å². The Morgan fingerprint density at radius 2 is 1.81 bits per heavy atom. The molecule has 0 aromatic heterocycles. The highest BCUT2D eigenvalue weighted by Crippen LogP contribution is 2.24. The summed E-state index contributed by atoms with van der Waals surface area (Å²) in [4.78, 5) is 12.0. The van der Waals surface area contributed by atoms with E-state index in [2.05, 4.69) is 15.9 Å². The van der Waals surface area contributed by atoms with Gasteiger partial charge >= 0.3 is 0 Å². The van der Waals surface area contributed by atoms with E-state index in [0.29, 0.717) is 5.75 Å². The minimum atomic E-state index is -0.701. The maximum absolute atomic E-state index is 13.5. The highest BCUT2D eigenvalue weighted by atomic mass is 79.9. The number of hydrogen-bond acceptors (Lipinski definition) is 2. The molecule has 0 aliphatic rings. The molecule has 0 amide bonds. The van der Waals surface area contributed by atoms with Crippen molar-refractivity contribution in [1.29, 1.82) is 0 Å². The van der Waals surface area contributed by atoms with Gasteiger partial charge in [0.15, 0.2) is 0 Å². The molecule has 0 N–H and O–H groups in total. The van der Waals surface area contributed by atoms with Crippen LogP contribution in [0.1, 0.15) is 11.1 Å². The molecule has 2 aromatic rings. The van der Waals surface area contributed by atoms with Gasteiger partial charge in [-0.25, -0.2) is 8.78 Å². The number of benzene rings is 2. The molecule has 21 heavy (non-hydrogen) atoms. The summed E-state index contributed by atoms with van der Waals surface area (Å²) in [5, 5.41) is 0. The first-order valence-corrected chi connectivity index (χ1v) is 7.07. The minimum Gasteiger partial charge on any atom is -0.497 e. The van der Waals surface area contributed by atoms with Gasteiger partial charge in [-0.15, -0.1) is 0 Å². The summed E-state index contributed by atoms with van der Waals surface area (Å²) in [6.07, 6.45) is -0.201. The topological polar surface area (TPSA) is 26.3 Å². The zero-order valence-electron chi connectivity index (χ0n) is 11.3.